The molecule has 2 aromatic rings. The molecule has 2 rings (SSSR count). The van der Waals surface area contributed by atoms with Gasteiger partial charge in [-0.05, 0) is 17.7 Å². The molecule has 0 fully saturated rings. The van der Waals surface area contributed by atoms with E-state index < -0.39 is 5.50 Å². The molecule has 1 amide bonds. The van der Waals surface area contributed by atoms with E-state index in [0.29, 0.717) is 6.42 Å². The van der Waals surface area contributed by atoms with E-state index in [1.807, 2.05) is 60.7 Å². The lowest BCUT2D eigenvalue weighted by Crippen LogP contribution is -2.37. The smallest absolute Gasteiger partial charge is 0.220 e. The van der Waals surface area contributed by atoms with Crippen molar-refractivity contribution in [1.29, 1.82) is 0 Å². The van der Waals surface area contributed by atoms with Gasteiger partial charge in [0.05, 0.1) is 6.04 Å². The van der Waals surface area contributed by atoms with Crippen LogP contribution in [-0.2, 0) is 4.79 Å². The number of nitrogens with one attached hydrogen (secondary N) is 2. The zero-order valence-electron chi connectivity index (χ0n) is 11.9. The lowest BCUT2D eigenvalue weighted by atomic mass is 10.1. The molecule has 21 heavy (non-hydrogen) atoms. The fourth-order valence-corrected chi connectivity index (χ4v) is 2.37. The van der Waals surface area contributed by atoms with Crippen LogP contribution in [0.25, 0.3) is 0 Å². The van der Waals surface area contributed by atoms with Crippen LogP contribution in [0.5, 0.6) is 0 Å². The number of carbonyl (C=O) groups excluding carboxylic acids is 1. The lowest BCUT2D eigenvalue weighted by molar-refractivity contribution is -0.121. The number of alkyl halides is 1. The van der Waals surface area contributed by atoms with Crippen molar-refractivity contribution >= 4 is 23.2 Å². The Labute approximate surface area is 130 Å². The minimum absolute atomic E-state index is 0.0641. The quantitative estimate of drug-likeness (QED) is 0.627. The minimum Gasteiger partial charge on any atom is -0.375 e. The molecule has 0 bridgehead atoms. The Balaban J connectivity index is 2.20. The summed E-state index contributed by atoms with van der Waals surface area (Å²) in [5.74, 6) is -0.0641. The summed E-state index contributed by atoms with van der Waals surface area (Å²) in [6.45, 7) is 1.81. The molecule has 3 nitrogen and oxygen atoms in total. The predicted molar refractivity (Wildman–Crippen MR) is 87.3 cm³/mol. The van der Waals surface area contributed by atoms with E-state index in [2.05, 4.69) is 10.6 Å². The first kappa shape index (κ1) is 15.4. The number of hydrogen-bond donors (Lipinski definition) is 2. The Kier molecular flexibility index (Phi) is 5.64. The van der Waals surface area contributed by atoms with Gasteiger partial charge in [-0.3, -0.25) is 4.79 Å². The zero-order chi connectivity index (χ0) is 15.1. The lowest BCUT2D eigenvalue weighted by Gasteiger charge is -2.25. The fraction of sp³-hybridized carbons (Fsp3) is 0.235. The van der Waals surface area contributed by atoms with Crippen LogP contribution >= 0.6 is 11.6 Å². The number of hydrogen-bond acceptors (Lipinski definition) is 2. The number of anilines is 1. The molecule has 0 aliphatic heterocycles. The van der Waals surface area contributed by atoms with Gasteiger partial charge in [-0.2, -0.15) is 0 Å². The molecule has 0 aromatic heterocycles. The Morgan fingerprint density at radius 2 is 1.62 bits per heavy atom. The third-order valence-corrected chi connectivity index (χ3v) is 3.53. The maximum Gasteiger partial charge on any atom is 0.220 e. The van der Waals surface area contributed by atoms with Gasteiger partial charge in [0.2, 0.25) is 5.91 Å². The molecule has 2 atom stereocenters. The number of para-hydroxylation sites is 1. The van der Waals surface area contributed by atoms with Crippen molar-refractivity contribution in [2.75, 3.05) is 5.32 Å². The highest BCUT2D eigenvalue weighted by Crippen LogP contribution is 2.24. The first-order chi connectivity index (χ1) is 10.2. The molecule has 0 heterocycles. The highest BCUT2D eigenvalue weighted by Gasteiger charge is 2.22. The Bertz CT molecular complexity index is 560. The molecule has 2 unspecified atom stereocenters. The molecule has 0 aliphatic rings. The van der Waals surface area contributed by atoms with Crippen molar-refractivity contribution in [3.63, 3.8) is 0 Å². The van der Waals surface area contributed by atoms with E-state index in [1.54, 1.807) is 6.92 Å². The highest BCUT2D eigenvalue weighted by atomic mass is 35.5. The average Bonchev–Trinajstić information content (AvgIpc) is 2.54. The summed E-state index contributed by atoms with van der Waals surface area (Å²) in [6, 6.07) is 19.5. The van der Waals surface area contributed by atoms with Gasteiger partial charge in [-0.25, -0.2) is 0 Å². The average molecular weight is 303 g/mol. The summed E-state index contributed by atoms with van der Waals surface area (Å²) in [5.41, 5.74) is 1.46. The van der Waals surface area contributed by atoms with E-state index in [1.165, 1.54) is 0 Å². The van der Waals surface area contributed by atoms with E-state index >= 15 is 0 Å². The van der Waals surface area contributed by atoms with Gasteiger partial charge >= 0.3 is 0 Å². The first-order valence-electron chi connectivity index (χ1n) is 7.00. The molecule has 0 aliphatic carbocycles. The molecular weight excluding hydrogens is 284 g/mol. The van der Waals surface area contributed by atoms with Crippen molar-refractivity contribution in [3.05, 3.63) is 66.2 Å². The van der Waals surface area contributed by atoms with E-state index in [9.17, 15) is 4.79 Å². The van der Waals surface area contributed by atoms with Crippen molar-refractivity contribution in [3.8, 4) is 0 Å². The largest absolute Gasteiger partial charge is 0.375 e. The Hall–Kier alpha value is -2.00. The second kappa shape index (κ2) is 7.70. The standard InChI is InChI=1S/C17H19ClN2O/c1-2-15(21)20-17(18)16(13-9-5-3-6-10-13)19-14-11-7-4-8-12-14/h3-12,16-17,19H,2H2,1H3,(H,20,21). The number of amides is 1. The number of carbonyl (C=O) groups is 1. The monoisotopic (exact) mass is 302 g/mol. The maximum atomic E-state index is 11.6. The molecule has 0 spiro atoms. The third-order valence-electron chi connectivity index (χ3n) is 3.17. The second-order valence-corrected chi connectivity index (χ2v) is 5.19. The molecule has 0 radical (unpaired) electrons. The minimum atomic E-state index is -0.528. The second-order valence-electron chi connectivity index (χ2n) is 4.72. The molecule has 2 aromatic carbocycles. The van der Waals surface area contributed by atoms with Crippen molar-refractivity contribution in [2.24, 2.45) is 0 Å². The number of rotatable bonds is 6. The van der Waals surface area contributed by atoms with E-state index in [4.69, 9.17) is 11.6 Å². The van der Waals surface area contributed by atoms with Crippen LogP contribution in [0.1, 0.15) is 24.9 Å². The molecule has 110 valence electrons. The summed E-state index contributed by atoms with van der Waals surface area (Å²) < 4.78 is 0. The summed E-state index contributed by atoms with van der Waals surface area (Å²) in [5, 5.41) is 6.19. The Morgan fingerprint density at radius 3 is 2.19 bits per heavy atom. The van der Waals surface area contributed by atoms with Gasteiger partial charge in [0.25, 0.3) is 0 Å². The third kappa shape index (κ3) is 4.50. The first-order valence-corrected chi connectivity index (χ1v) is 7.44. The summed E-state index contributed by atoms with van der Waals surface area (Å²) in [7, 11) is 0. The van der Waals surface area contributed by atoms with Crippen LogP contribution in [0.4, 0.5) is 5.69 Å². The van der Waals surface area contributed by atoms with Crippen LogP contribution in [0.2, 0.25) is 0 Å². The number of halogens is 1. The fourth-order valence-electron chi connectivity index (χ4n) is 2.04. The molecular formula is C17H19ClN2O. The van der Waals surface area contributed by atoms with Crippen molar-refractivity contribution in [2.45, 2.75) is 24.9 Å². The van der Waals surface area contributed by atoms with Gasteiger partial charge in [-0.15, -0.1) is 0 Å². The van der Waals surface area contributed by atoms with Crippen LogP contribution in [0.15, 0.2) is 60.7 Å². The van der Waals surface area contributed by atoms with Crippen LogP contribution in [-0.4, -0.2) is 11.4 Å². The van der Waals surface area contributed by atoms with Crippen LogP contribution in [0.3, 0.4) is 0 Å². The van der Waals surface area contributed by atoms with Crippen molar-refractivity contribution in [1.82, 2.24) is 5.32 Å². The molecule has 0 saturated heterocycles. The van der Waals surface area contributed by atoms with Crippen LogP contribution < -0.4 is 10.6 Å². The maximum absolute atomic E-state index is 11.6. The molecule has 0 saturated carbocycles. The van der Waals surface area contributed by atoms with Gasteiger partial charge in [0.15, 0.2) is 0 Å². The summed E-state index contributed by atoms with van der Waals surface area (Å²) in [4.78, 5) is 11.6. The van der Waals surface area contributed by atoms with Gasteiger partial charge in [-0.1, -0.05) is 67.1 Å². The Morgan fingerprint density at radius 1 is 1.05 bits per heavy atom. The normalized spacial score (nSPS) is 13.2. The van der Waals surface area contributed by atoms with Crippen molar-refractivity contribution < 1.29 is 4.79 Å². The van der Waals surface area contributed by atoms with E-state index in [-0.39, 0.29) is 11.9 Å². The van der Waals surface area contributed by atoms with Gasteiger partial charge < -0.3 is 10.6 Å². The van der Waals surface area contributed by atoms with E-state index in [0.717, 1.165) is 11.3 Å². The zero-order valence-corrected chi connectivity index (χ0v) is 12.7. The van der Waals surface area contributed by atoms with Gasteiger partial charge in [0, 0.05) is 12.1 Å². The van der Waals surface area contributed by atoms with Gasteiger partial charge in [0.1, 0.15) is 5.50 Å². The highest BCUT2D eigenvalue weighted by molar-refractivity contribution is 6.22. The molecule has 4 heteroatoms. The molecule has 2 N–H and O–H groups in total. The SMILES string of the molecule is CCC(=O)NC(Cl)C(Nc1ccccc1)c1ccccc1. The number of benzene rings is 2. The summed E-state index contributed by atoms with van der Waals surface area (Å²) >= 11 is 6.41. The van der Waals surface area contributed by atoms with Crippen LogP contribution in [0, 0.1) is 0 Å². The topological polar surface area (TPSA) is 41.1 Å². The summed E-state index contributed by atoms with van der Waals surface area (Å²) in [6.07, 6.45) is 0.413. The predicted octanol–water partition coefficient (Wildman–Crippen LogP) is 3.93.